The van der Waals surface area contributed by atoms with Crippen LogP contribution in [0.3, 0.4) is 0 Å². The van der Waals surface area contributed by atoms with E-state index >= 15 is 0 Å². The summed E-state index contributed by atoms with van der Waals surface area (Å²) < 4.78 is 237. The molecule has 4 aromatic carbocycles. The molecule has 0 bridgehead atoms. The predicted molar refractivity (Wildman–Crippen MR) is 564 cm³/mol. The molecular weight excluding hydrogens is 2110 g/mol. The van der Waals surface area contributed by atoms with Gasteiger partial charge >= 0.3 is 65.0 Å². The zero-order chi connectivity index (χ0) is 110. The third-order valence-electron chi connectivity index (χ3n) is 24.5. The van der Waals surface area contributed by atoms with E-state index in [1.54, 1.807) is 19.1 Å². The fourth-order valence-electron chi connectivity index (χ4n) is 17.8. The largest absolute Gasteiger partial charge is 0.480 e. The van der Waals surface area contributed by atoms with Gasteiger partial charge in [0, 0.05) is 127 Å². The second kappa shape index (κ2) is 63.1. The molecule has 4 aliphatic heterocycles. The number of nitrogens with one attached hydrogen (secondary N) is 3. The second-order valence-electron chi connectivity index (χ2n) is 36.4. The van der Waals surface area contributed by atoms with Crippen LogP contribution >= 0.6 is 12.4 Å². The first kappa shape index (κ1) is 137. The summed E-state index contributed by atoms with van der Waals surface area (Å²) in [6.07, 6.45) is 31.3. The molecule has 0 radical (unpaired) electrons. The number of hydrogen-bond acceptors (Lipinski definition) is 31. The Morgan fingerprint density at radius 2 is 0.811 bits per heavy atom. The number of esters is 1. The Morgan fingerprint density at radius 1 is 0.446 bits per heavy atom. The van der Waals surface area contributed by atoms with Crippen molar-refractivity contribution in [2.45, 2.75) is 266 Å². The standard InChI is InChI=1S/C48H64N4O9S2.C41H51N3O6S.C8H17NO2.2CH4.ClH.5O3S/c1-8-10-28-52-40-18-14-13-17-38(40)46(4,5)42(52)23-19-35-30-36(20-24-43-47(6,7)39-31-37(63(59,60)61)21-22-41(39)51(43)27-9-2)33-48(32-35,45(55)50-26-29-62(56,57)58)44(54)49-25-15-11-12-16-34(3)53;1-8-11-23-44-33-15-13-12-14-31(33)39(4,5)35(44)20-16-28-24-29(27-41(26-28,38(46)47)37(45)42-10-3)17-21-36-40(6,7)32-25-30(51(48,49)50)18-19-34(32)43(36)22-9-2;1-2-11-8(10)6-4-3-5-7-9;;;;5*1-4(2)3/h13-14,17-24,30-31H,8-12,15-16,25-29,32-33H2,1-7H3,(H3-,49,50,54,55,56,57,58,59,60,61);12-21,24-25H,8-11,22-23,26-27H2,1-7H3,(H2-,42,45,46,47,48,49,50);2-7,9H2,1H3;2*1H4;1H;;;;;/p+2. The van der Waals surface area contributed by atoms with Gasteiger partial charge in [-0.25, -0.2) is 0 Å². The van der Waals surface area contributed by atoms with E-state index in [1.165, 1.54) is 48.0 Å². The summed E-state index contributed by atoms with van der Waals surface area (Å²) >= 11 is 0. The van der Waals surface area contributed by atoms with E-state index in [0.717, 1.165) is 127 Å². The number of amides is 3. The first-order valence-electron chi connectivity index (χ1n) is 46.7. The van der Waals surface area contributed by atoms with Crippen LogP contribution in [0, 0.1) is 10.8 Å². The van der Waals surface area contributed by atoms with Crippen molar-refractivity contribution in [2.75, 3.05) is 74.5 Å². The van der Waals surface area contributed by atoms with Crippen LogP contribution in [0.15, 0.2) is 189 Å². The van der Waals surface area contributed by atoms with Gasteiger partial charge in [0.2, 0.25) is 29.1 Å². The fraction of sp³-hybridized carbons (Fsp3) is 0.515. The number of para-hydroxylation sites is 2. The Bertz CT molecular complexity index is 6520. The zero-order valence-electron chi connectivity index (χ0n) is 84.4. The number of allylic oxidation sites excluding steroid dienone is 16. The lowest BCUT2D eigenvalue weighted by Crippen LogP contribution is -2.53. The SMILES string of the molecule is C.C.CCCC[N+]1=C(/C=C/C2=CC(=C/C=C3/N(CCC)c4ccc(S(=O)(=O)O)cc4C3(C)C)/CC(C(=O)NCCCCCC(C)=O)(C(=O)NCCS(=O)(=O)O)C2)C(C)(C)c2ccccc21.CCCC[N+]1=C(/C=C/C2=CC(=C/C=C3/N(CCC)c4ccc(S(=O)(=O)O)cc4C3(C)C)/CC(C(=O)O)(C(=O)NCC)C2)C(C)(C)c2ccccc21.CCOC(=O)CCCCCN.Cl.O=S(=O)=O.O=S(=O)=O.O=S(=O)=O.O=S(=O)=O.O=S(=O)=O. The highest BCUT2D eigenvalue weighted by molar-refractivity contribution is 7.86. The van der Waals surface area contributed by atoms with E-state index in [1.807, 2.05) is 102 Å². The molecule has 2 atom stereocenters. The summed E-state index contributed by atoms with van der Waals surface area (Å²) in [5.74, 6) is -3.62. The molecule has 4 heterocycles. The van der Waals surface area contributed by atoms with Crippen LogP contribution in [0.1, 0.15) is 257 Å². The lowest BCUT2D eigenvalue weighted by atomic mass is 9.70. The normalized spacial score (nSPS) is 18.0. The minimum atomic E-state index is -4.47. The van der Waals surface area contributed by atoms with Gasteiger partial charge in [0.1, 0.15) is 24.3 Å². The Labute approximate surface area is 883 Å². The summed E-state index contributed by atoms with van der Waals surface area (Å²) in [5, 5.41) is 19.1. The number of carbonyl (C=O) groups excluding carboxylic acids is 5. The van der Waals surface area contributed by atoms with Crippen molar-refractivity contribution in [1.29, 1.82) is 0 Å². The number of nitrogens with zero attached hydrogens (tertiary/aromatic N) is 4. The lowest BCUT2D eigenvalue weighted by Gasteiger charge is -2.35. The summed E-state index contributed by atoms with van der Waals surface area (Å²) in [4.78, 5) is 82.0. The number of benzene rings is 4. The van der Waals surface area contributed by atoms with Gasteiger partial charge < -0.3 is 46.1 Å². The molecule has 0 aromatic heterocycles. The lowest BCUT2D eigenvalue weighted by molar-refractivity contribution is -0.438. The van der Waals surface area contributed by atoms with Gasteiger partial charge in [-0.05, 0) is 201 Å². The van der Waals surface area contributed by atoms with Crippen molar-refractivity contribution in [3.05, 3.63) is 202 Å². The van der Waals surface area contributed by atoms with Crippen LogP contribution in [0.5, 0.6) is 0 Å². The van der Waals surface area contributed by atoms with E-state index in [0.29, 0.717) is 81.6 Å². The van der Waals surface area contributed by atoms with Crippen LogP contribution < -0.4 is 31.5 Å². The maximum Gasteiger partial charge on any atom is 0.425 e. The summed E-state index contributed by atoms with van der Waals surface area (Å²) in [6.45, 7) is 34.6. The number of hydrogen-bond donors (Lipinski definition) is 8. The summed E-state index contributed by atoms with van der Waals surface area (Å²) in [5.41, 5.74) is 14.5. The molecule has 9 N–H and O–H groups in total. The third kappa shape index (κ3) is 41.0. The molecule has 49 heteroatoms. The molecule has 6 aliphatic rings. The highest BCUT2D eigenvalue weighted by Crippen LogP contribution is 2.52. The number of carboxylic acid groups (broad SMARTS) is 1. The van der Waals surface area contributed by atoms with Crippen LogP contribution in [0.4, 0.5) is 22.7 Å². The Hall–Kier alpha value is -11.2. The van der Waals surface area contributed by atoms with Gasteiger partial charge in [0.05, 0.1) is 33.0 Å². The van der Waals surface area contributed by atoms with E-state index in [-0.39, 0.29) is 91.9 Å². The van der Waals surface area contributed by atoms with Gasteiger partial charge in [-0.1, -0.05) is 169 Å². The topological polar surface area (TPSA) is 626 Å². The van der Waals surface area contributed by atoms with E-state index in [2.05, 4.69) is 132 Å². The number of ketones is 1. The van der Waals surface area contributed by atoms with Crippen molar-refractivity contribution in [3.8, 4) is 0 Å². The average molecular weight is 2250 g/mol. The van der Waals surface area contributed by atoms with Crippen LogP contribution in [-0.2, 0) is 139 Å². The number of aliphatic carboxylic acids is 1. The van der Waals surface area contributed by atoms with Gasteiger partial charge in [-0.3, -0.25) is 37.6 Å². The molecule has 0 saturated carbocycles. The van der Waals surface area contributed by atoms with Crippen LogP contribution in [0.25, 0.3) is 0 Å². The number of ether oxygens (including phenoxy) is 1. The fourth-order valence-corrected chi connectivity index (χ4v) is 19.2. The number of fused-ring (bicyclic) bond motifs is 4. The highest BCUT2D eigenvalue weighted by Gasteiger charge is 2.52. The van der Waals surface area contributed by atoms with Gasteiger partial charge in [0.25, 0.3) is 30.4 Å². The van der Waals surface area contributed by atoms with Crippen LogP contribution in [-0.4, -0.2) is 228 Å². The molecule has 0 saturated heterocycles. The van der Waals surface area contributed by atoms with Crippen molar-refractivity contribution < 1.29 is 150 Å². The summed E-state index contributed by atoms with van der Waals surface area (Å²) in [7, 11) is -28.8. The summed E-state index contributed by atoms with van der Waals surface area (Å²) in [6, 6.07) is 26.0. The highest BCUT2D eigenvalue weighted by atomic mass is 35.5. The zero-order valence-corrected chi connectivity index (χ0v) is 91.8. The monoisotopic (exact) mass is 2250 g/mol. The maximum atomic E-state index is 14.6. The van der Waals surface area contributed by atoms with Gasteiger partial charge in [-0.15, -0.1) is 75.5 Å². The molecule has 824 valence electrons. The number of carboxylic acids is 1. The maximum absolute atomic E-state index is 14.6. The Kier molecular flexibility index (Phi) is 58.3. The Morgan fingerprint density at radius 3 is 1.16 bits per heavy atom. The van der Waals surface area contributed by atoms with Gasteiger partial charge in [-0.2, -0.15) is 34.4 Å². The molecule has 2 unspecified atom stereocenters. The van der Waals surface area contributed by atoms with Crippen molar-refractivity contribution in [1.82, 2.24) is 16.0 Å². The number of Topliss-reactive ketones (excluding diaryl/α,β-unsaturated/α-hetero) is 1. The van der Waals surface area contributed by atoms with Crippen LogP contribution in [0.2, 0.25) is 0 Å². The second-order valence-corrected chi connectivity index (χ2v) is 42.8. The molecule has 0 spiro atoms. The number of halogens is 1. The molecule has 10 rings (SSSR count). The van der Waals surface area contributed by atoms with Crippen molar-refractivity contribution in [3.63, 3.8) is 0 Å². The number of carbonyl (C=O) groups is 6. The minimum absolute atomic E-state index is 0. The predicted octanol–water partition coefficient (Wildman–Crippen LogP) is 13.0. The number of rotatable bonds is 38. The third-order valence-corrected chi connectivity index (χ3v) is 26.9. The van der Waals surface area contributed by atoms with E-state index in [4.69, 9.17) is 73.6 Å². The van der Waals surface area contributed by atoms with Gasteiger partial charge in [0.15, 0.2) is 16.8 Å². The molecular formula is C99H143ClN8O32S8+2. The number of nitrogens with two attached hydrogens (primary N) is 1. The molecule has 40 nitrogen and oxygen atoms in total. The van der Waals surface area contributed by atoms with Crippen molar-refractivity contribution in [2.24, 2.45) is 16.6 Å². The molecule has 148 heavy (non-hydrogen) atoms. The minimum Gasteiger partial charge on any atom is -0.480 e. The average Bonchev–Trinajstić information content (AvgIpc) is 1.58. The molecule has 2 aliphatic carbocycles. The van der Waals surface area contributed by atoms with E-state index < -0.39 is 141 Å². The molecule has 0 fully saturated rings. The smallest absolute Gasteiger partial charge is 0.425 e. The van der Waals surface area contributed by atoms with E-state index in [9.17, 15) is 72.8 Å². The molecule has 4 aromatic rings. The Balaban J connectivity index is 0.00000225. The number of unbranched alkanes of at least 4 members (excludes halogenated alkanes) is 6. The quantitative estimate of drug-likeness (QED) is 0.00679. The number of anilines is 2. The first-order valence-corrected chi connectivity index (χ1v) is 56.2. The first-order chi connectivity index (χ1) is 67.6. The molecule has 3 amide bonds. The van der Waals surface area contributed by atoms with Crippen molar-refractivity contribution >= 4 is 165 Å².